The number of rotatable bonds is 5. The van der Waals surface area contributed by atoms with E-state index in [9.17, 15) is 9.18 Å². The molecule has 2 aromatic carbocycles. The average molecular weight is 386 g/mol. The molecule has 1 saturated heterocycles. The highest BCUT2D eigenvalue weighted by atomic mass is 19.1. The second-order valence-electron chi connectivity index (χ2n) is 7.03. The van der Waals surface area contributed by atoms with Gasteiger partial charge >= 0.3 is 6.03 Å². The second kappa shape index (κ2) is 8.16. The quantitative estimate of drug-likeness (QED) is 0.798. The minimum Gasteiger partial charge on any atom is -0.455 e. The van der Waals surface area contributed by atoms with Gasteiger partial charge in [0, 0.05) is 19.4 Å². The van der Waals surface area contributed by atoms with Gasteiger partial charge in [0.2, 0.25) is 0 Å². The van der Waals surface area contributed by atoms with Crippen molar-refractivity contribution in [3.05, 3.63) is 54.3 Å². The summed E-state index contributed by atoms with van der Waals surface area (Å²) >= 11 is 0. The number of nitrogens with one attached hydrogen (secondary N) is 2. The molecule has 4 rings (SSSR count). The molecule has 0 bridgehead atoms. The lowest BCUT2D eigenvalue weighted by molar-refractivity contribution is -0.160. The normalized spacial score (nSPS) is 20.2. The van der Waals surface area contributed by atoms with Crippen LogP contribution in [0.1, 0.15) is 25.7 Å². The predicted octanol–water partition coefficient (Wildman–Crippen LogP) is 4.43. The summed E-state index contributed by atoms with van der Waals surface area (Å²) in [5, 5.41) is 5.26. The van der Waals surface area contributed by atoms with Gasteiger partial charge in [0.05, 0.1) is 6.61 Å². The number of urea groups is 1. The molecule has 2 amide bonds. The van der Waals surface area contributed by atoms with E-state index in [-0.39, 0.29) is 24.1 Å². The van der Waals surface area contributed by atoms with Crippen molar-refractivity contribution in [2.24, 2.45) is 0 Å². The highest BCUT2D eigenvalue weighted by Gasteiger charge is 2.43. The minimum atomic E-state index is -0.575. The van der Waals surface area contributed by atoms with Crippen LogP contribution in [0.5, 0.6) is 11.5 Å². The summed E-state index contributed by atoms with van der Waals surface area (Å²) in [4.78, 5) is 12.3. The fourth-order valence-corrected chi connectivity index (χ4v) is 3.58. The lowest BCUT2D eigenvalue weighted by atomic mass is 10.2. The zero-order chi connectivity index (χ0) is 19.4. The van der Waals surface area contributed by atoms with E-state index in [0.29, 0.717) is 12.4 Å². The van der Waals surface area contributed by atoms with Crippen LogP contribution in [0.3, 0.4) is 0 Å². The summed E-state index contributed by atoms with van der Waals surface area (Å²) in [7, 11) is 0. The largest absolute Gasteiger partial charge is 0.455 e. The van der Waals surface area contributed by atoms with E-state index in [2.05, 4.69) is 10.6 Å². The first-order valence-electron chi connectivity index (χ1n) is 9.52. The molecular formula is C21H23FN2O4. The van der Waals surface area contributed by atoms with Crippen LogP contribution in [-0.2, 0) is 9.47 Å². The predicted molar refractivity (Wildman–Crippen MR) is 102 cm³/mol. The first kappa shape index (κ1) is 18.7. The van der Waals surface area contributed by atoms with Crippen LogP contribution in [-0.4, -0.2) is 31.1 Å². The smallest absolute Gasteiger partial charge is 0.319 e. The summed E-state index contributed by atoms with van der Waals surface area (Å²) < 4.78 is 31.8. The molecule has 1 aliphatic heterocycles. The third-order valence-electron chi connectivity index (χ3n) is 4.95. The molecule has 1 saturated carbocycles. The highest BCUT2D eigenvalue weighted by Crippen LogP contribution is 2.39. The fourth-order valence-electron chi connectivity index (χ4n) is 3.58. The number of carbonyl (C=O) groups excluding carboxylic acids is 1. The molecule has 7 heteroatoms. The van der Waals surface area contributed by atoms with Crippen LogP contribution in [0.2, 0.25) is 0 Å². The van der Waals surface area contributed by atoms with Crippen LogP contribution >= 0.6 is 0 Å². The van der Waals surface area contributed by atoms with E-state index >= 15 is 0 Å². The van der Waals surface area contributed by atoms with Crippen LogP contribution in [0.25, 0.3) is 0 Å². The van der Waals surface area contributed by atoms with Crippen molar-refractivity contribution < 1.29 is 23.4 Å². The van der Waals surface area contributed by atoms with Gasteiger partial charge in [-0.05, 0) is 37.1 Å². The SMILES string of the molecule is O=C(NC[C@@H]1COC2(CCCC2)O1)Nc1c(F)cccc1Oc1ccccc1. The van der Waals surface area contributed by atoms with Crippen molar-refractivity contribution in [3.63, 3.8) is 0 Å². The Balaban J connectivity index is 1.35. The summed E-state index contributed by atoms with van der Waals surface area (Å²) in [5.74, 6) is -0.263. The standard InChI is InChI=1S/C21H23FN2O4/c22-17-9-6-10-18(27-15-7-2-1-3-8-15)19(17)24-20(25)23-13-16-14-26-21(28-16)11-4-5-12-21/h1-3,6-10,16H,4-5,11-14H2,(H2,23,24,25)/t16-/m1/s1. The molecule has 0 unspecified atom stereocenters. The number of ether oxygens (including phenoxy) is 3. The highest BCUT2D eigenvalue weighted by molar-refractivity contribution is 5.91. The molecule has 2 N–H and O–H groups in total. The molecule has 2 aliphatic rings. The van der Waals surface area contributed by atoms with Crippen LogP contribution in [0.4, 0.5) is 14.9 Å². The molecule has 0 aromatic heterocycles. The molecule has 1 spiro atoms. The Morgan fingerprint density at radius 1 is 1.14 bits per heavy atom. The molecule has 6 nitrogen and oxygen atoms in total. The molecular weight excluding hydrogens is 363 g/mol. The molecule has 2 fully saturated rings. The topological polar surface area (TPSA) is 68.8 Å². The first-order valence-corrected chi connectivity index (χ1v) is 9.52. The number of para-hydroxylation sites is 2. The van der Waals surface area contributed by atoms with E-state index in [4.69, 9.17) is 14.2 Å². The van der Waals surface area contributed by atoms with Gasteiger partial charge in [-0.15, -0.1) is 0 Å². The molecule has 1 heterocycles. The minimum absolute atomic E-state index is 0.0142. The molecule has 2 aromatic rings. The van der Waals surface area contributed by atoms with Gasteiger partial charge in [-0.1, -0.05) is 24.3 Å². The molecule has 148 valence electrons. The Morgan fingerprint density at radius 3 is 2.71 bits per heavy atom. The second-order valence-corrected chi connectivity index (χ2v) is 7.03. The Hall–Kier alpha value is -2.64. The zero-order valence-electron chi connectivity index (χ0n) is 15.4. The third kappa shape index (κ3) is 4.26. The van der Waals surface area contributed by atoms with Gasteiger partial charge < -0.3 is 24.8 Å². The maximum atomic E-state index is 14.3. The Morgan fingerprint density at radius 2 is 1.93 bits per heavy atom. The number of amides is 2. The maximum absolute atomic E-state index is 14.3. The lowest BCUT2D eigenvalue weighted by Gasteiger charge is -2.22. The number of benzene rings is 2. The number of anilines is 1. The van der Waals surface area contributed by atoms with Gasteiger partial charge in [0.1, 0.15) is 17.5 Å². The summed E-state index contributed by atoms with van der Waals surface area (Å²) in [6.07, 6.45) is 3.77. The van der Waals surface area contributed by atoms with Crippen LogP contribution < -0.4 is 15.4 Å². The summed E-state index contributed by atoms with van der Waals surface area (Å²) in [6, 6.07) is 12.9. The fraction of sp³-hybridized carbons (Fsp3) is 0.381. The number of carbonyl (C=O) groups is 1. The van der Waals surface area contributed by atoms with Crippen LogP contribution in [0.15, 0.2) is 48.5 Å². The third-order valence-corrected chi connectivity index (χ3v) is 4.95. The maximum Gasteiger partial charge on any atom is 0.319 e. The van der Waals surface area contributed by atoms with Gasteiger partial charge in [-0.2, -0.15) is 0 Å². The summed E-state index contributed by atoms with van der Waals surface area (Å²) in [5.41, 5.74) is -0.0142. The number of hydrogen-bond donors (Lipinski definition) is 2. The Bertz CT molecular complexity index is 824. The average Bonchev–Trinajstić information content (AvgIpc) is 3.33. The van der Waals surface area contributed by atoms with E-state index < -0.39 is 17.6 Å². The Kier molecular flexibility index (Phi) is 5.45. The van der Waals surface area contributed by atoms with E-state index in [0.717, 1.165) is 25.7 Å². The van der Waals surface area contributed by atoms with Gasteiger partial charge in [0.15, 0.2) is 17.4 Å². The molecule has 0 radical (unpaired) electrons. The molecule has 1 atom stereocenters. The van der Waals surface area contributed by atoms with Gasteiger partial charge in [-0.3, -0.25) is 0 Å². The molecule has 1 aliphatic carbocycles. The zero-order valence-corrected chi connectivity index (χ0v) is 15.4. The van der Waals surface area contributed by atoms with Crippen molar-refractivity contribution in [1.29, 1.82) is 0 Å². The van der Waals surface area contributed by atoms with E-state index in [1.54, 1.807) is 18.2 Å². The van der Waals surface area contributed by atoms with E-state index in [1.807, 2.05) is 18.2 Å². The van der Waals surface area contributed by atoms with E-state index in [1.165, 1.54) is 12.1 Å². The monoisotopic (exact) mass is 386 g/mol. The van der Waals surface area contributed by atoms with Crippen molar-refractivity contribution in [2.45, 2.75) is 37.6 Å². The lowest BCUT2D eigenvalue weighted by Crippen LogP contribution is -2.37. The number of halogens is 1. The summed E-state index contributed by atoms with van der Waals surface area (Å²) in [6.45, 7) is 0.735. The van der Waals surface area contributed by atoms with Gasteiger partial charge in [-0.25, -0.2) is 9.18 Å². The number of hydrogen-bond acceptors (Lipinski definition) is 4. The van der Waals surface area contributed by atoms with Crippen molar-refractivity contribution in [1.82, 2.24) is 5.32 Å². The first-order chi connectivity index (χ1) is 13.6. The Labute approximate surface area is 163 Å². The van der Waals surface area contributed by atoms with Crippen molar-refractivity contribution in [3.8, 4) is 11.5 Å². The van der Waals surface area contributed by atoms with Gasteiger partial charge in [0.25, 0.3) is 0 Å². The van der Waals surface area contributed by atoms with Crippen molar-refractivity contribution >= 4 is 11.7 Å². The molecule has 28 heavy (non-hydrogen) atoms. The van der Waals surface area contributed by atoms with Crippen LogP contribution in [0, 0.1) is 5.82 Å². The van der Waals surface area contributed by atoms with Crippen molar-refractivity contribution in [2.75, 3.05) is 18.5 Å².